The minimum atomic E-state index is 1.05. The second-order valence-electron chi connectivity index (χ2n) is 2.22. The number of hydrogen-bond acceptors (Lipinski definition) is 2. The zero-order valence-corrected chi connectivity index (χ0v) is 5.30. The lowest BCUT2D eigenvalue weighted by Crippen LogP contribution is -2.17. The Balaban J connectivity index is 2.32. The van der Waals surface area contributed by atoms with E-state index in [0.717, 1.165) is 13.2 Å². The molecule has 1 aliphatic heterocycles. The van der Waals surface area contributed by atoms with Crippen LogP contribution in [-0.2, 0) is 0 Å². The van der Waals surface area contributed by atoms with Gasteiger partial charge in [-0.3, -0.25) is 4.90 Å². The largest absolute Gasteiger partial charge is 0.364 e. The van der Waals surface area contributed by atoms with Gasteiger partial charge in [0.25, 0.3) is 0 Å². The minimum absolute atomic E-state index is 1.05. The monoisotopic (exact) mass is 112 g/mol. The predicted molar refractivity (Wildman–Crippen MR) is 34.4 cm³/mol. The van der Waals surface area contributed by atoms with Crippen LogP contribution in [0.1, 0.15) is 0 Å². The van der Waals surface area contributed by atoms with Crippen molar-refractivity contribution < 1.29 is 0 Å². The van der Waals surface area contributed by atoms with Crippen LogP contribution in [0.4, 0.5) is 0 Å². The van der Waals surface area contributed by atoms with E-state index < -0.39 is 0 Å². The van der Waals surface area contributed by atoms with Crippen LogP contribution >= 0.6 is 0 Å². The third-order valence-electron chi connectivity index (χ3n) is 1.45. The third kappa shape index (κ3) is 1.01. The summed E-state index contributed by atoms with van der Waals surface area (Å²) in [6.45, 7) is 7.03. The van der Waals surface area contributed by atoms with Gasteiger partial charge in [0, 0.05) is 13.1 Å². The van der Waals surface area contributed by atoms with Crippen molar-refractivity contribution in [1.82, 2.24) is 9.80 Å². The van der Waals surface area contributed by atoms with Crippen molar-refractivity contribution in [3.05, 3.63) is 12.8 Å². The summed E-state index contributed by atoms with van der Waals surface area (Å²) in [6.07, 6.45) is 1.89. The molecule has 0 bridgehead atoms. The molecule has 1 rings (SSSR count). The van der Waals surface area contributed by atoms with Gasteiger partial charge in [-0.25, -0.2) is 0 Å². The van der Waals surface area contributed by atoms with Gasteiger partial charge in [-0.05, 0) is 13.2 Å². The van der Waals surface area contributed by atoms with Gasteiger partial charge in [0.2, 0.25) is 0 Å². The second kappa shape index (κ2) is 2.18. The lowest BCUT2D eigenvalue weighted by Gasteiger charge is -2.09. The van der Waals surface area contributed by atoms with Crippen molar-refractivity contribution in [2.24, 2.45) is 0 Å². The van der Waals surface area contributed by atoms with Crippen molar-refractivity contribution in [3.8, 4) is 0 Å². The Morgan fingerprint density at radius 3 is 2.50 bits per heavy atom. The molecule has 0 spiro atoms. The normalized spacial score (nSPS) is 21.9. The quantitative estimate of drug-likeness (QED) is 0.482. The molecule has 1 saturated heterocycles. The molecule has 0 aromatic heterocycles. The molecular formula is C6H12N2. The van der Waals surface area contributed by atoms with Crippen molar-refractivity contribution in [2.45, 2.75) is 0 Å². The topological polar surface area (TPSA) is 6.48 Å². The SMILES string of the molecule is C=CN1CCN(C)C1. The molecule has 1 fully saturated rings. The summed E-state index contributed by atoms with van der Waals surface area (Å²) in [4.78, 5) is 4.46. The summed E-state index contributed by atoms with van der Waals surface area (Å²) in [5.74, 6) is 0. The fraction of sp³-hybridized carbons (Fsp3) is 0.667. The fourth-order valence-corrected chi connectivity index (χ4v) is 0.900. The van der Waals surface area contributed by atoms with Gasteiger partial charge in [0.05, 0.1) is 6.67 Å². The van der Waals surface area contributed by atoms with Crippen LogP contribution in [0.5, 0.6) is 0 Å². The van der Waals surface area contributed by atoms with Gasteiger partial charge >= 0.3 is 0 Å². The molecule has 0 aromatic carbocycles. The standard InChI is InChI=1S/C6H12N2/c1-3-8-5-4-7(2)6-8/h3H,1,4-6H2,2H3. The molecule has 0 aliphatic carbocycles. The van der Waals surface area contributed by atoms with Gasteiger partial charge in [-0.2, -0.15) is 0 Å². The molecule has 46 valence electrons. The summed E-state index contributed by atoms with van der Waals surface area (Å²) < 4.78 is 0. The molecule has 0 atom stereocenters. The fourth-order valence-electron chi connectivity index (χ4n) is 0.900. The Hall–Kier alpha value is -0.500. The molecule has 1 aliphatic rings. The van der Waals surface area contributed by atoms with Gasteiger partial charge in [-0.15, -0.1) is 0 Å². The molecule has 8 heavy (non-hydrogen) atoms. The molecule has 0 amide bonds. The lowest BCUT2D eigenvalue weighted by atomic mass is 10.6. The molecular weight excluding hydrogens is 100 g/mol. The first-order valence-electron chi connectivity index (χ1n) is 2.88. The first-order chi connectivity index (χ1) is 3.83. The number of rotatable bonds is 1. The highest BCUT2D eigenvalue weighted by Gasteiger charge is 2.10. The highest BCUT2D eigenvalue weighted by Crippen LogP contribution is 1.99. The van der Waals surface area contributed by atoms with Crippen LogP contribution in [0, 0.1) is 0 Å². The van der Waals surface area contributed by atoms with Crippen molar-refractivity contribution in [2.75, 3.05) is 26.8 Å². The zero-order valence-electron chi connectivity index (χ0n) is 5.30. The Labute approximate surface area is 50.4 Å². The van der Waals surface area contributed by atoms with Gasteiger partial charge in [0.15, 0.2) is 0 Å². The predicted octanol–water partition coefficient (Wildman–Crippen LogP) is 0.335. The first-order valence-corrected chi connectivity index (χ1v) is 2.88. The average molecular weight is 112 g/mol. The van der Waals surface area contributed by atoms with Gasteiger partial charge < -0.3 is 4.90 Å². The smallest absolute Gasteiger partial charge is 0.0699 e. The van der Waals surface area contributed by atoms with Crippen molar-refractivity contribution >= 4 is 0 Å². The molecule has 0 unspecified atom stereocenters. The Kier molecular flexibility index (Phi) is 1.53. The third-order valence-corrected chi connectivity index (χ3v) is 1.45. The van der Waals surface area contributed by atoms with Crippen LogP contribution in [0.15, 0.2) is 12.8 Å². The molecule has 2 heteroatoms. The molecule has 1 heterocycles. The highest BCUT2D eigenvalue weighted by atomic mass is 15.3. The summed E-state index contributed by atoms with van der Waals surface area (Å²) >= 11 is 0. The van der Waals surface area contributed by atoms with E-state index in [1.807, 2.05) is 6.20 Å². The van der Waals surface area contributed by atoms with E-state index in [-0.39, 0.29) is 0 Å². The Morgan fingerprint density at radius 1 is 1.50 bits per heavy atom. The first kappa shape index (κ1) is 5.63. The van der Waals surface area contributed by atoms with Gasteiger partial charge in [0.1, 0.15) is 0 Å². The average Bonchev–Trinajstić information content (AvgIpc) is 2.14. The van der Waals surface area contributed by atoms with Crippen molar-refractivity contribution in [3.63, 3.8) is 0 Å². The Morgan fingerprint density at radius 2 is 2.25 bits per heavy atom. The maximum atomic E-state index is 3.68. The maximum Gasteiger partial charge on any atom is 0.0699 e. The van der Waals surface area contributed by atoms with Crippen LogP contribution in [0.3, 0.4) is 0 Å². The Bertz CT molecular complexity index is 90.5. The highest BCUT2D eigenvalue weighted by molar-refractivity contribution is 4.76. The molecule has 0 saturated carbocycles. The molecule has 0 aromatic rings. The van der Waals surface area contributed by atoms with Crippen LogP contribution < -0.4 is 0 Å². The van der Waals surface area contributed by atoms with Crippen molar-refractivity contribution in [1.29, 1.82) is 0 Å². The summed E-state index contributed by atoms with van der Waals surface area (Å²) in [7, 11) is 2.11. The molecule has 2 nitrogen and oxygen atoms in total. The van der Waals surface area contributed by atoms with Gasteiger partial charge in [-0.1, -0.05) is 6.58 Å². The number of nitrogens with zero attached hydrogens (tertiary/aromatic N) is 2. The van der Waals surface area contributed by atoms with Crippen LogP contribution in [0.25, 0.3) is 0 Å². The number of hydrogen-bond donors (Lipinski definition) is 0. The van der Waals surface area contributed by atoms with Crippen LogP contribution in [0.2, 0.25) is 0 Å². The second-order valence-corrected chi connectivity index (χ2v) is 2.22. The van der Waals surface area contributed by atoms with E-state index in [1.54, 1.807) is 0 Å². The summed E-state index contributed by atoms with van der Waals surface area (Å²) in [5.41, 5.74) is 0. The minimum Gasteiger partial charge on any atom is -0.364 e. The molecule has 0 radical (unpaired) electrons. The zero-order chi connectivity index (χ0) is 5.98. The van der Waals surface area contributed by atoms with E-state index in [4.69, 9.17) is 0 Å². The van der Waals surface area contributed by atoms with E-state index in [1.165, 1.54) is 6.54 Å². The molecule has 0 N–H and O–H groups in total. The lowest BCUT2D eigenvalue weighted by molar-refractivity contribution is 0.341. The van der Waals surface area contributed by atoms with E-state index >= 15 is 0 Å². The van der Waals surface area contributed by atoms with Crippen LogP contribution in [-0.4, -0.2) is 36.6 Å². The summed E-state index contributed by atoms with van der Waals surface area (Å²) in [6, 6.07) is 0. The summed E-state index contributed by atoms with van der Waals surface area (Å²) in [5, 5.41) is 0. The van der Waals surface area contributed by atoms with E-state index in [9.17, 15) is 0 Å². The van der Waals surface area contributed by atoms with E-state index in [0.29, 0.717) is 0 Å². The maximum absolute atomic E-state index is 3.68. The van der Waals surface area contributed by atoms with E-state index in [2.05, 4.69) is 23.4 Å². The number of likely N-dealkylation sites (N-methyl/N-ethyl adjacent to an activating group) is 1.